The van der Waals surface area contributed by atoms with Crippen molar-refractivity contribution in [3.63, 3.8) is 0 Å². The molecule has 0 heterocycles. The maximum atomic E-state index is 3.52. The van der Waals surface area contributed by atoms with Crippen LogP contribution in [0, 0.1) is 43.2 Å². The molecule has 0 saturated carbocycles. The predicted molar refractivity (Wildman–Crippen MR) is 231 cm³/mol. The Bertz CT molecular complexity index is 2830. The van der Waals surface area contributed by atoms with Gasteiger partial charge in [0.2, 0.25) is 0 Å². The molecule has 0 aliphatic heterocycles. The van der Waals surface area contributed by atoms with Crippen LogP contribution in [0.3, 0.4) is 0 Å². The van der Waals surface area contributed by atoms with Gasteiger partial charge in [-0.3, -0.25) is 0 Å². The molecule has 8 aromatic rings. The third kappa shape index (κ3) is 5.00. The Labute approximate surface area is 360 Å². The molecule has 0 amide bonds. The molecule has 0 N–H and O–H groups in total. The monoisotopic (exact) mass is 953 g/mol. The van der Waals surface area contributed by atoms with Gasteiger partial charge in [-0.15, -0.1) is 12.1 Å². The Balaban J connectivity index is 0.00000396. The van der Waals surface area contributed by atoms with Crippen LogP contribution < -0.4 is 4.90 Å². The number of anilines is 3. The van der Waals surface area contributed by atoms with Gasteiger partial charge in [-0.05, 0) is 96.7 Å². The fourth-order valence-electron chi connectivity index (χ4n) is 10.6. The standard InChI is InChI=1S/C55H41N.U/c1-53(2)45-23-10-8-21-41(45)43-31-29-39(34-51(43)53)56(38-20-16-19-37(33-38)36-17-6-5-7-18-36)40-30-32-44-42-22-9-11-24-46(42)55(52(44)35-40)49-27-14-12-25-47(49)54(3,4)48-26-13-15-28-50(48)55;/h5-17,20-35H,1-4H3;/q-2;+2. The van der Waals surface area contributed by atoms with Crippen molar-refractivity contribution in [1.29, 1.82) is 0 Å². The molecule has 1 nitrogen and oxygen atoms in total. The van der Waals surface area contributed by atoms with Crippen molar-refractivity contribution in [3.05, 3.63) is 233 Å². The molecule has 0 atom stereocenters. The molecule has 2 heteroatoms. The molecule has 0 saturated heterocycles. The van der Waals surface area contributed by atoms with E-state index in [-0.39, 0.29) is 41.9 Å². The zero-order valence-electron chi connectivity index (χ0n) is 32.7. The molecule has 270 valence electrons. The van der Waals surface area contributed by atoms with Crippen LogP contribution in [0.25, 0.3) is 33.4 Å². The summed E-state index contributed by atoms with van der Waals surface area (Å²) in [7, 11) is 0. The largest absolute Gasteiger partial charge is 2.00 e. The molecule has 57 heavy (non-hydrogen) atoms. The summed E-state index contributed by atoms with van der Waals surface area (Å²) in [6.07, 6.45) is 0. The minimum Gasteiger partial charge on any atom is -0.329 e. The van der Waals surface area contributed by atoms with Crippen LogP contribution >= 0.6 is 0 Å². The van der Waals surface area contributed by atoms with Crippen LogP contribution in [0.5, 0.6) is 0 Å². The van der Waals surface area contributed by atoms with Crippen LogP contribution in [0.4, 0.5) is 17.1 Å². The molecule has 3 aliphatic rings. The number of fused-ring (bicyclic) bond motifs is 12. The summed E-state index contributed by atoms with van der Waals surface area (Å²) >= 11 is 0. The van der Waals surface area contributed by atoms with E-state index in [1.54, 1.807) is 0 Å². The summed E-state index contributed by atoms with van der Waals surface area (Å²) in [6.45, 7) is 9.50. The molecule has 8 aromatic carbocycles. The molecule has 0 aromatic heterocycles. The van der Waals surface area contributed by atoms with Crippen LogP contribution in [-0.4, -0.2) is 0 Å². The van der Waals surface area contributed by atoms with Gasteiger partial charge in [-0.2, -0.15) is 42.5 Å². The van der Waals surface area contributed by atoms with E-state index in [1.807, 2.05) is 12.1 Å². The van der Waals surface area contributed by atoms with Crippen LogP contribution in [0.1, 0.15) is 72.2 Å². The van der Waals surface area contributed by atoms with Gasteiger partial charge in [0, 0.05) is 22.2 Å². The van der Waals surface area contributed by atoms with Crippen LogP contribution in [0.15, 0.2) is 176 Å². The van der Waals surface area contributed by atoms with Gasteiger partial charge < -0.3 is 4.90 Å². The van der Waals surface area contributed by atoms with E-state index in [2.05, 4.69) is 209 Å². The van der Waals surface area contributed by atoms with Crippen molar-refractivity contribution >= 4 is 17.1 Å². The van der Waals surface area contributed by atoms with E-state index in [1.165, 1.54) is 66.8 Å². The Hall–Kier alpha value is -5.39. The summed E-state index contributed by atoms with van der Waals surface area (Å²) < 4.78 is 0. The average Bonchev–Trinajstić information content (AvgIpc) is 3.66. The summed E-state index contributed by atoms with van der Waals surface area (Å²) in [5.41, 5.74) is 20.8. The topological polar surface area (TPSA) is 3.24 Å². The molecule has 1 spiro atoms. The van der Waals surface area contributed by atoms with Crippen molar-refractivity contribution < 1.29 is 31.1 Å². The van der Waals surface area contributed by atoms with E-state index in [9.17, 15) is 0 Å². The summed E-state index contributed by atoms with van der Waals surface area (Å²) in [6, 6.07) is 72.4. The quantitative estimate of drug-likeness (QED) is 0.159. The summed E-state index contributed by atoms with van der Waals surface area (Å²) in [4.78, 5) is 2.46. The second-order valence-electron chi connectivity index (χ2n) is 16.7. The van der Waals surface area contributed by atoms with Crippen LogP contribution in [0.2, 0.25) is 0 Å². The third-order valence-corrected chi connectivity index (χ3v) is 13.2. The molecule has 11 rings (SSSR count). The fraction of sp³-hybridized carbons (Fsp3) is 0.127. The van der Waals surface area contributed by atoms with Crippen molar-refractivity contribution in [2.45, 2.75) is 43.9 Å². The number of nitrogens with zero attached hydrogens (tertiary/aromatic N) is 1. The molecule has 0 fully saturated rings. The first kappa shape index (κ1) is 36.0. The second kappa shape index (κ2) is 13.1. The number of hydrogen-bond donors (Lipinski definition) is 0. The van der Waals surface area contributed by atoms with Gasteiger partial charge in [-0.1, -0.05) is 137 Å². The van der Waals surface area contributed by atoms with E-state index in [4.69, 9.17) is 0 Å². The molecule has 3 aliphatic carbocycles. The van der Waals surface area contributed by atoms with E-state index < -0.39 is 5.41 Å². The average molecular weight is 954 g/mol. The van der Waals surface area contributed by atoms with Gasteiger partial charge >= 0.3 is 31.1 Å². The Kier molecular flexibility index (Phi) is 8.25. The molecule has 0 bridgehead atoms. The maximum absolute atomic E-state index is 3.52. The van der Waals surface area contributed by atoms with Gasteiger partial charge in [0.25, 0.3) is 0 Å². The Morgan fingerprint density at radius 2 is 0.807 bits per heavy atom. The zero-order valence-corrected chi connectivity index (χ0v) is 36.9. The SMILES string of the molecule is CC1(C)c2ccccc2-c2ccc(N(c3cc[c-]c(-c4[c-]cccc4)c3)c3ccc4c(c3)C3(c5ccccc5-4)c4ccccc4C(C)(C)c4ccccc43)cc21.[U+2]. The summed E-state index contributed by atoms with van der Waals surface area (Å²) in [5.74, 6) is 0. The Morgan fingerprint density at radius 3 is 1.44 bits per heavy atom. The van der Waals surface area contributed by atoms with Gasteiger partial charge in [0.05, 0.1) is 5.41 Å². The van der Waals surface area contributed by atoms with E-state index >= 15 is 0 Å². The number of hydrogen-bond acceptors (Lipinski definition) is 1. The fourth-order valence-corrected chi connectivity index (χ4v) is 10.6. The zero-order chi connectivity index (χ0) is 37.8. The third-order valence-electron chi connectivity index (χ3n) is 13.2. The summed E-state index contributed by atoms with van der Waals surface area (Å²) in [5, 5.41) is 0. The number of benzene rings is 8. The van der Waals surface area contributed by atoms with Gasteiger partial charge in [-0.25, -0.2) is 11.1 Å². The normalized spacial score (nSPS) is 15.3. The maximum Gasteiger partial charge on any atom is 2.00 e. The van der Waals surface area contributed by atoms with Crippen molar-refractivity contribution in [2.75, 3.05) is 4.90 Å². The first-order valence-electron chi connectivity index (χ1n) is 19.8. The first-order chi connectivity index (χ1) is 27.3. The molecule has 0 radical (unpaired) electrons. The van der Waals surface area contributed by atoms with Crippen molar-refractivity contribution in [2.24, 2.45) is 0 Å². The Morgan fingerprint density at radius 1 is 0.351 bits per heavy atom. The van der Waals surface area contributed by atoms with Crippen LogP contribution in [-0.2, 0) is 16.2 Å². The minimum absolute atomic E-state index is 0. The van der Waals surface area contributed by atoms with E-state index in [0.717, 1.165) is 28.2 Å². The molecular formula is C55H41NU. The second-order valence-corrected chi connectivity index (χ2v) is 16.7. The van der Waals surface area contributed by atoms with Crippen molar-refractivity contribution in [3.8, 4) is 33.4 Å². The molecular weight excluding hydrogens is 913 g/mol. The van der Waals surface area contributed by atoms with Gasteiger partial charge in [0.15, 0.2) is 0 Å². The van der Waals surface area contributed by atoms with E-state index in [0.29, 0.717) is 0 Å². The predicted octanol–water partition coefficient (Wildman–Crippen LogP) is 13.7. The number of rotatable bonds is 4. The van der Waals surface area contributed by atoms with Gasteiger partial charge in [0.1, 0.15) is 0 Å². The first-order valence-corrected chi connectivity index (χ1v) is 19.8. The smallest absolute Gasteiger partial charge is 0.329 e. The molecule has 0 unspecified atom stereocenters. The minimum atomic E-state index is -0.480. The van der Waals surface area contributed by atoms with Crippen molar-refractivity contribution in [1.82, 2.24) is 0 Å².